The van der Waals surface area contributed by atoms with Crippen LogP contribution >= 0.6 is 7.26 Å². The molecule has 0 radical (unpaired) electrons. The van der Waals surface area contributed by atoms with Crippen molar-refractivity contribution in [3.63, 3.8) is 0 Å². The zero-order chi connectivity index (χ0) is 21.3. The Labute approximate surface area is 172 Å². The first-order valence-electron chi connectivity index (χ1n) is 9.65. The van der Waals surface area contributed by atoms with Crippen LogP contribution in [0.1, 0.15) is 27.7 Å². The van der Waals surface area contributed by atoms with Gasteiger partial charge in [0.15, 0.2) is 0 Å². The van der Waals surface area contributed by atoms with Crippen molar-refractivity contribution < 1.29 is 4.79 Å². The molecule has 0 aliphatic carbocycles. The van der Waals surface area contributed by atoms with Crippen LogP contribution in [0, 0.1) is 0 Å². The summed E-state index contributed by atoms with van der Waals surface area (Å²) in [5.74, 6) is 0. The minimum atomic E-state index is -1.53. The maximum Gasteiger partial charge on any atom is 0.116 e. The zero-order valence-electron chi connectivity index (χ0n) is 17.9. The molecule has 0 aliphatic rings. The van der Waals surface area contributed by atoms with Crippen molar-refractivity contribution in [2.75, 3.05) is 6.66 Å². The van der Waals surface area contributed by atoms with Crippen LogP contribution in [0.5, 0.6) is 0 Å². The van der Waals surface area contributed by atoms with Gasteiger partial charge in [0.2, 0.25) is 0 Å². The van der Waals surface area contributed by atoms with Gasteiger partial charge in [-0.1, -0.05) is 74.5 Å². The second-order valence-electron chi connectivity index (χ2n) is 5.66. The molecule has 0 unspecified atom stereocenters. The molecule has 0 atom stereocenters. The van der Waals surface area contributed by atoms with Crippen LogP contribution in [-0.2, 0) is 4.79 Å². The lowest BCUT2D eigenvalue weighted by atomic mass is 10.4. The van der Waals surface area contributed by atoms with Gasteiger partial charge in [-0.25, -0.2) is 0 Å². The summed E-state index contributed by atoms with van der Waals surface area (Å²) >= 11 is 0. The van der Waals surface area contributed by atoms with E-state index >= 15 is 0 Å². The summed E-state index contributed by atoms with van der Waals surface area (Å²) in [4.78, 5) is 8.81. The van der Waals surface area contributed by atoms with Crippen LogP contribution in [0.4, 0.5) is 0 Å². The maximum atomic E-state index is 8.81. The van der Waals surface area contributed by atoms with Crippen LogP contribution in [0.2, 0.25) is 0 Å². The second-order valence-corrected chi connectivity index (χ2v) is 9.22. The predicted octanol–water partition coefficient (Wildman–Crippen LogP) is 6.03. The monoisotopic (exact) mass is 393 g/mol. The lowest BCUT2D eigenvalue weighted by Crippen LogP contribution is -2.30. The van der Waals surface area contributed by atoms with Crippen LogP contribution in [0.3, 0.4) is 0 Å². The van der Waals surface area contributed by atoms with Gasteiger partial charge < -0.3 is 4.79 Å². The number of carbonyl (C=O) groups excluding carboxylic acids is 1. The van der Waals surface area contributed by atoms with Crippen LogP contribution in [0.15, 0.2) is 104 Å². The first-order chi connectivity index (χ1) is 13.6. The zero-order valence-corrected chi connectivity index (χ0v) is 18.8. The summed E-state index contributed by atoms with van der Waals surface area (Å²) in [7, 11) is -1.53. The van der Waals surface area contributed by atoms with Gasteiger partial charge in [0.05, 0.1) is 6.66 Å². The Hall–Kier alpha value is -2.50. The fourth-order valence-corrected chi connectivity index (χ4v) is 5.83. The van der Waals surface area contributed by atoms with Crippen LogP contribution in [0.25, 0.3) is 0 Å². The molecule has 0 aromatic heterocycles. The van der Waals surface area contributed by atoms with E-state index in [9.17, 15) is 0 Å². The van der Waals surface area contributed by atoms with Crippen molar-refractivity contribution in [1.82, 2.24) is 0 Å². The lowest BCUT2D eigenvalue weighted by molar-refractivity contribution is -0.106. The minimum Gasteiger partial charge on any atom is -0.304 e. The highest BCUT2D eigenvalue weighted by Gasteiger charge is 2.39. The number of aldehydes is 1. The molecule has 3 aromatic rings. The Bertz CT molecular complexity index is 650. The maximum absolute atomic E-state index is 8.81. The van der Waals surface area contributed by atoms with Crippen molar-refractivity contribution in [2.45, 2.75) is 27.7 Å². The molecule has 0 fully saturated rings. The van der Waals surface area contributed by atoms with E-state index in [1.807, 2.05) is 20.8 Å². The third-order valence-corrected chi connectivity index (χ3v) is 7.81. The first kappa shape index (κ1) is 25.5. The quantitative estimate of drug-likeness (QED) is 0.301. The summed E-state index contributed by atoms with van der Waals surface area (Å²) in [6.07, 6.45) is 2.50. The van der Waals surface area contributed by atoms with E-state index in [1.165, 1.54) is 22.8 Å². The van der Waals surface area contributed by atoms with Gasteiger partial charge in [0, 0.05) is 0 Å². The Balaban J connectivity index is 0.000000796. The SMILES string of the molecule is C=CC.CC.CC=O.C[P+](c1ccccc1)(c1ccccc1)c1ccccc1. The van der Waals surface area contributed by atoms with E-state index in [0.29, 0.717) is 0 Å². The van der Waals surface area contributed by atoms with Crippen molar-refractivity contribution in [3.05, 3.63) is 104 Å². The second kappa shape index (κ2) is 15.5. The summed E-state index contributed by atoms with van der Waals surface area (Å²) in [5, 5.41) is 4.28. The summed E-state index contributed by atoms with van der Waals surface area (Å²) in [5.41, 5.74) is 0. The Morgan fingerprint density at radius 3 is 1.00 bits per heavy atom. The molecule has 0 saturated heterocycles. The molecule has 0 aliphatic heterocycles. The van der Waals surface area contributed by atoms with E-state index in [0.717, 1.165) is 6.29 Å². The number of hydrogen-bond donors (Lipinski definition) is 0. The smallest absolute Gasteiger partial charge is 0.116 e. The number of carbonyl (C=O) groups is 1. The number of benzene rings is 3. The fraction of sp³-hybridized carbons (Fsp3) is 0.192. The average molecular weight is 394 g/mol. The van der Waals surface area contributed by atoms with E-state index in [2.05, 4.69) is 104 Å². The van der Waals surface area contributed by atoms with Gasteiger partial charge in [0.25, 0.3) is 0 Å². The molecule has 0 amide bonds. The largest absolute Gasteiger partial charge is 0.304 e. The molecule has 0 saturated carbocycles. The van der Waals surface area contributed by atoms with Crippen LogP contribution in [-0.4, -0.2) is 13.0 Å². The number of allylic oxidation sites excluding steroid dienone is 1. The molecular formula is C26H34OP+. The van der Waals surface area contributed by atoms with E-state index in [4.69, 9.17) is 4.79 Å². The standard InChI is InChI=1S/C19H18P.C3H6.C2H4O.C2H6/c1-20(17-11-5-2-6-12-17,18-13-7-3-8-14-18)19-15-9-4-10-16-19;1-3-2;1-2-3;1-2/h2-16H,1H3;3H,1H2,2H3;2H,1H3;1-2H3/q+1;;;. The van der Waals surface area contributed by atoms with E-state index < -0.39 is 7.26 Å². The van der Waals surface area contributed by atoms with E-state index in [1.54, 1.807) is 6.08 Å². The minimum absolute atomic E-state index is 0.750. The molecule has 0 heterocycles. The highest BCUT2D eigenvalue weighted by molar-refractivity contribution is 7.95. The molecule has 0 bridgehead atoms. The summed E-state index contributed by atoms with van der Waals surface area (Å²) < 4.78 is 0. The van der Waals surface area contributed by atoms with Gasteiger partial charge in [-0.15, -0.1) is 6.58 Å². The first-order valence-corrected chi connectivity index (χ1v) is 11.9. The van der Waals surface area contributed by atoms with Gasteiger partial charge in [-0.05, 0) is 50.2 Å². The highest BCUT2D eigenvalue weighted by atomic mass is 31.2. The lowest BCUT2D eigenvalue weighted by Gasteiger charge is -2.22. The Kier molecular flexibility index (Phi) is 14.2. The third-order valence-electron chi connectivity index (χ3n) is 3.82. The summed E-state index contributed by atoms with van der Waals surface area (Å²) in [6.45, 7) is 13.1. The molecule has 3 rings (SSSR count). The molecule has 148 valence electrons. The fourth-order valence-electron chi connectivity index (χ4n) is 2.63. The average Bonchev–Trinajstić information content (AvgIpc) is 2.77. The van der Waals surface area contributed by atoms with Crippen molar-refractivity contribution in [3.8, 4) is 0 Å². The molecule has 28 heavy (non-hydrogen) atoms. The molecule has 3 aromatic carbocycles. The molecule has 1 nitrogen and oxygen atoms in total. The molecular weight excluding hydrogens is 359 g/mol. The van der Waals surface area contributed by atoms with Gasteiger partial charge in [-0.2, -0.15) is 0 Å². The molecule has 0 spiro atoms. The van der Waals surface area contributed by atoms with E-state index in [-0.39, 0.29) is 0 Å². The van der Waals surface area contributed by atoms with Crippen LogP contribution < -0.4 is 15.9 Å². The topological polar surface area (TPSA) is 17.1 Å². The normalized spacial score (nSPS) is 9.18. The van der Waals surface area contributed by atoms with Crippen molar-refractivity contribution in [2.24, 2.45) is 0 Å². The molecule has 0 N–H and O–H groups in total. The Morgan fingerprint density at radius 2 is 0.821 bits per heavy atom. The molecule has 2 heteroatoms. The number of rotatable bonds is 3. The van der Waals surface area contributed by atoms with Crippen molar-refractivity contribution in [1.29, 1.82) is 0 Å². The van der Waals surface area contributed by atoms with Crippen molar-refractivity contribution >= 4 is 29.5 Å². The number of hydrogen-bond acceptors (Lipinski definition) is 1. The predicted molar refractivity (Wildman–Crippen MR) is 130 cm³/mol. The van der Waals surface area contributed by atoms with Gasteiger partial charge in [-0.3, -0.25) is 0 Å². The Morgan fingerprint density at radius 1 is 0.643 bits per heavy atom. The third kappa shape index (κ3) is 7.62. The van der Waals surface area contributed by atoms with Gasteiger partial charge in [0.1, 0.15) is 29.5 Å². The summed E-state index contributed by atoms with van der Waals surface area (Å²) in [6, 6.07) is 32.6. The van der Waals surface area contributed by atoms with Gasteiger partial charge >= 0.3 is 0 Å². The highest BCUT2D eigenvalue weighted by Crippen LogP contribution is 2.51.